The van der Waals surface area contributed by atoms with Crippen molar-refractivity contribution in [3.8, 4) is 22.9 Å². The molecule has 7 heteroatoms. The van der Waals surface area contributed by atoms with Crippen molar-refractivity contribution in [3.05, 3.63) is 59.7 Å². The van der Waals surface area contributed by atoms with E-state index in [1.165, 1.54) is 12.1 Å². The Labute approximate surface area is 138 Å². The number of rotatable bonds is 5. The predicted molar refractivity (Wildman–Crippen MR) is 87.4 cm³/mol. The maximum atomic E-state index is 13.0. The average Bonchev–Trinajstić information content (AvgIpc) is 3.11. The van der Waals surface area contributed by atoms with Crippen LogP contribution in [0.2, 0.25) is 0 Å². The van der Waals surface area contributed by atoms with Crippen LogP contribution in [0.25, 0.3) is 11.4 Å². The van der Waals surface area contributed by atoms with Crippen LogP contribution < -0.4 is 15.2 Å². The molecule has 0 radical (unpaired) electrons. The second kappa shape index (κ2) is 6.67. The number of nitrogens with two attached hydrogens (primary N) is 1. The molecule has 3 N–H and O–H groups in total. The van der Waals surface area contributed by atoms with Gasteiger partial charge in [0.2, 0.25) is 0 Å². The van der Waals surface area contributed by atoms with Gasteiger partial charge in [-0.05, 0) is 42.0 Å². The number of aromatic amines is 1. The van der Waals surface area contributed by atoms with Crippen molar-refractivity contribution in [2.45, 2.75) is 6.04 Å². The first-order valence-corrected chi connectivity index (χ1v) is 7.28. The summed E-state index contributed by atoms with van der Waals surface area (Å²) in [6, 6.07) is 10.9. The van der Waals surface area contributed by atoms with E-state index in [1.807, 2.05) is 6.07 Å². The topological polar surface area (TPSA) is 86.0 Å². The molecule has 3 rings (SSSR count). The van der Waals surface area contributed by atoms with E-state index in [0.29, 0.717) is 28.7 Å². The lowest BCUT2D eigenvalue weighted by Crippen LogP contribution is -2.14. The monoisotopic (exact) mass is 328 g/mol. The van der Waals surface area contributed by atoms with Crippen molar-refractivity contribution in [3.63, 3.8) is 0 Å². The standard InChI is InChI=1S/C17H17FN4O2/c1-23-13-8-5-11(9-14(13)24-2)15(19)17-20-16(21-22-17)10-3-6-12(18)7-4-10/h3-9,15H,19H2,1-2H3,(H,20,21,22)/t15-/m0/s1. The Bertz CT molecular complexity index is 833. The summed E-state index contributed by atoms with van der Waals surface area (Å²) in [5, 5.41) is 6.98. The second-order valence-electron chi connectivity index (χ2n) is 5.14. The Balaban J connectivity index is 1.88. The van der Waals surface area contributed by atoms with E-state index >= 15 is 0 Å². The summed E-state index contributed by atoms with van der Waals surface area (Å²) in [6.45, 7) is 0. The Morgan fingerprint density at radius 3 is 2.42 bits per heavy atom. The average molecular weight is 328 g/mol. The van der Waals surface area contributed by atoms with Crippen LogP contribution in [-0.4, -0.2) is 29.4 Å². The molecule has 0 amide bonds. The zero-order valence-corrected chi connectivity index (χ0v) is 13.3. The van der Waals surface area contributed by atoms with Gasteiger partial charge in [-0.15, -0.1) is 0 Å². The summed E-state index contributed by atoms with van der Waals surface area (Å²) in [7, 11) is 3.14. The number of halogens is 1. The van der Waals surface area contributed by atoms with Gasteiger partial charge in [0.05, 0.1) is 20.3 Å². The first-order valence-electron chi connectivity index (χ1n) is 7.28. The number of nitrogens with zero attached hydrogens (tertiary/aromatic N) is 2. The Hall–Kier alpha value is -2.93. The highest BCUT2D eigenvalue weighted by Crippen LogP contribution is 2.30. The normalized spacial score (nSPS) is 12.0. The van der Waals surface area contributed by atoms with Crippen LogP contribution in [0.5, 0.6) is 11.5 Å². The molecule has 6 nitrogen and oxygen atoms in total. The fourth-order valence-electron chi connectivity index (χ4n) is 2.35. The highest BCUT2D eigenvalue weighted by molar-refractivity contribution is 5.54. The number of aromatic nitrogens is 3. The summed E-state index contributed by atoms with van der Waals surface area (Å²) in [4.78, 5) is 4.40. The molecule has 0 aliphatic heterocycles. The minimum atomic E-state index is -0.508. The van der Waals surface area contributed by atoms with E-state index in [9.17, 15) is 4.39 Å². The molecule has 0 bridgehead atoms. The lowest BCUT2D eigenvalue weighted by Gasteiger charge is -2.13. The fraction of sp³-hybridized carbons (Fsp3) is 0.176. The summed E-state index contributed by atoms with van der Waals surface area (Å²) in [5.74, 6) is 1.86. The van der Waals surface area contributed by atoms with Crippen LogP contribution in [0.1, 0.15) is 17.4 Å². The zero-order chi connectivity index (χ0) is 17.1. The third-order valence-corrected chi connectivity index (χ3v) is 3.67. The quantitative estimate of drug-likeness (QED) is 0.752. The van der Waals surface area contributed by atoms with E-state index < -0.39 is 6.04 Å². The van der Waals surface area contributed by atoms with Gasteiger partial charge in [-0.3, -0.25) is 5.10 Å². The Morgan fingerprint density at radius 1 is 1.04 bits per heavy atom. The number of ether oxygens (including phenoxy) is 2. The van der Waals surface area contributed by atoms with Crippen LogP contribution in [0.3, 0.4) is 0 Å². The third-order valence-electron chi connectivity index (χ3n) is 3.67. The molecule has 1 atom stereocenters. The van der Waals surface area contributed by atoms with E-state index in [2.05, 4.69) is 15.2 Å². The van der Waals surface area contributed by atoms with E-state index in [0.717, 1.165) is 5.56 Å². The highest BCUT2D eigenvalue weighted by atomic mass is 19.1. The maximum absolute atomic E-state index is 13.0. The number of nitrogens with one attached hydrogen (secondary N) is 1. The van der Waals surface area contributed by atoms with Gasteiger partial charge in [0.25, 0.3) is 0 Å². The third kappa shape index (κ3) is 3.07. The highest BCUT2D eigenvalue weighted by Gasteiger charge is 2.17. The van der Waals surface area contributed by atoms with Gasteiger partial charge in [-0.25, -0.2) is 9.37 Å². The predicted octanol–water partition coefficient (Wildman–Crippen LogP) is 2.68. The Morgan fingerprint density at radius 2 is 1.75 bits per heavy atom. The van der Waals surface area contributed by atoms with Crippen LogP contribution >= 0.6 is 0 Å². The second-order valence-corrected chi connectivity index (χ2v) is 5.14. The van der Waals surface area contributed by atoms with E-state index in [-0.39, 0.29) is 5.82 Å². The minimum absolute atomic E-state index is 0.309. The van der Waals surface area contributed by atoms with Gasteiger partial charge in [0, 0.05) is 5.56 Å². The first kappa shape index (κ1) is 15.9. The molecule has 1 aromatic heterocycles. The molecule has 0 unspecified atom stereocenters. The molecule has 24 heavy (non-hydrogen) atoms. The summed E-state index contributed by atoms with van der Waals surface area (Å²) >= 11 is 0. The van der Waals surface area contributed by atoms with Gasteiger partial charge in [-0.2, -0.15) is 5.10 Å². The fourth-order valence-corrected chi connectivity index (χ4v) is 2.35. The van der Waals surface area contributed by atoms with Crippen LogP contribution in [0.15, 0.2) is 42.5 Å². The molecule has 0 aliphatic carbocycles. The van der Waals surface area contributed by atoms with Crippen molar-refractivity contribution in [2.75, 3.05) is 14.2 Å². The lowest BCUT2D eigenvalue weighted by molar-refractivity contribution is 0.354. The lowest BCUT2D eigenvalue weighted by atomic mass is 10.1. The first-order chi connectivity index (χ1) is 11.6. The van der Waals surface area contributed by atoms with Crippen LogP contribution in [-0.2, 0) is 0 Å². The summed E-state index contributed by atoms with van der Waals surface area (Å²) in [5.41, 5.74) is 7.76. The molecule has 0 saturated carbocycles. The van der Waals surface area contributed by atoms with Crippen LogP contribution in [0, 0.1) is 5.82 Å². The minimum Gasteiger partial charge on any atom is -0.493 e. The van der Waals surface area contributed by atoms with Crippen molar-refractivity contribution < 1.29 is 13.9 Å². The molecular formula is C17H17FN4O2. The zero-order valence-electron chi connectivity index (χ0n) is 13.3. The largest absolute Gasteiger partial charge is 0.493 e. The van der Waals surface area contributed by atoms with Crippen molar-refractivity contribution in [2.24, 2.45) is 5.73 Å². The smallest absolute Gasteiger partial charge is 0.181 e. The van der Waals surface area contributed by atoms with E-state index in [1.54, 1.807) is 38.5 Å². The molecule has 0 spiro atoms. The molecule has 1 heterocycles. The number of benzene rings is 2. The van der Waals surface area contributed by atoms with Gasteiger partial charge in [0.15, 0.2) is 17.3 Å². The Kier molecular flexibility index (Phi) is 4.43. The van der Waals surface area contributed by atoms with E-state index in [4.69, 9.17) is 15.2 Å². The van der Waals surface area contributed by atoms with Crippen LogP contribution in [0.4, 0.5) is 4.39 Å². The van der Waals surface area contributed by atoms with Crippen molar-refractivity contribution in [1.82, 2.24) is 15.2 Å². The molecule has 2 aromatic carbocycles. The van der Waals surface area contributed by atoms with Gasteiger partial charge in [-0.1, -0.05) is 6.07 Å². The van der Waals surface area contributed by atoms with Crippen molar-refractivity contribution >= 4 is 0 Å². The number of H-pyrrole nitrogens is 1. The van der Waals surface area contributed by atoms with Gasteiger partial charge in [0.1, 0.15) is 11.6 Å². The van der Waals surface area contributed by atoms with Gasteiger partial charge < -0.3 is 15.2 Å². The summed E-state index contributed by atoms with van der Waals surface area (Å²) < 4.78 is 23.5. The SMILES string of the molecule is COc1ccc([C@H](N)c2nc(-c3ccc(F)cc3)n[nH]2)cc1OC. The number of methoxy groups -OCH3 is 2. The molecule has 3 aromatic rings. The summed E-state index contributed by atoms with van der Waals surface area (Å²) in [6.07, 6.45) is 0. The molecule has 0 saturated heterocycles. The van der Waals surface area contributed by atoms with Gasteiger partial charge >= 0.3 is 0 Å². The molecule has 124 valence electrons. The maximum Gasteiger partial charge on any atom is 0.181 e. The molecule has 0 aliphatic rings. The molecule has 0 fully saturated rings. The van der Waals surface area contributed by atoms with Crippen molar-refractivity contribution in [1.29, 1.82) is 0 Å². The number of hydrogen-bond acceptors (Lipinski definition) is 5. The molecular weight excluding hydrogens is 311 g/mol. The number of hydrogen-bond donors (Lipinski definition) is 2.